The molecule has 6 nitrogen and oxygen atoms in total. The third-order valence-corrected chi connectivity index (χ3v) is 3.91. The van der Waals surface area contributed by atoms with Crippen molar-refractivity contribution in [3.8, 4) is 0 Å². The minimum Gasteiger partial charge on any atom is -0.443 e. The lowest BCUT2D eigenvalue weighted by Gasteiger charge is -2.38. The van der Waals surface area contributed by atoms with E-state index in [9.17, 15) is 9.59 Å². The number of rotatable bonds is 3. The Kier molecular flexibility index (Phi) is 6.08. The van der Waals surface area contributed by atoms with Crippen LogP contribution in [0.3, 0.4) is 0 Å². The van der Waals surface area contributed by atoms with Crippen molar-refractivity contribution in [3.63, 3.8) is 0 Å². The van der Waals surface area contributed by atoms with E-state index in [-0.39, 0.29) is 11.6 Å². The lowest BCUT2D eigenvalue weighted by atomic mass is 9.91. The number of amides is 2. The predicted molar refractivity (Wildman–Crippen MR) is 106 cm³/mol. The van der Waals surface area contributed by atoms with Crippen molar-refractivity contribution in [3.05, 3.63) is 47.8 Å². The Balaban J connectivity index is 2.63. The molecule has 0 radical (unpaired) electrons. The van der Waals surface area contributed by atoms with E-state index in [2.05, 4.69) is 4.99 Å². The summed E-state index contributed by atoms with van der Waals surface area (Å²) in [5.74, 6) is -0.474. The summed E-state index contributed by atoms with van der Waals surface area (Å²) in [4.78, 5) is 33.6. The van der Waals surface area contributed by atoms with Gasteiger partial charge in [-0.3, -0.25) is 4.79 Å². The first kappa shape index (κ1) is 20.7. The number of carbonyl (C=O) groups excluding carboxylic acids is 2. The topological polar surface area (TPSA) is 62.2 Å². The van der Waals surface area contributed by atoms with Gasteiger partial charge in [0.25, 0.3) is 5.91 Å². The van der Waals surface area contributed by atoms with E-state index in [1.165, 1.54) is 4.90 Å². The maximum absolute atomic E-state index is 13.1. The Morgan fingerprint density at radius 3 is 2.30 bits per heavy atom. The summed E-state index contributed by atoms with van der Waals surface area (Å²) >= 11 is 0. The normalized spacial score (nSPS) is 19.3. The van der Waals surface area contributed by atoms with Crippen LogP contribution in [0.1, 0.15) is 40.2 Å². The van der Waals surface area contributed by atoms with Crippen LogP contribution in [-0.4, -0.2) is 53.3 Å². The number of ether oxygens (including phenoxy) is 1. The molecule has 0 saturated carbocycles. The second kappa shape index (κ2) is 7.94. The molecule has 1 atom stereocenters. The monoisotopic (exact) mass is 371 g/mol. The van der Waals surface area contributed by atoms with E-state index in [1.54, 1.807) is 31.9 Å². The zero-order valence-electron chi connectivity index (χ0n) is 17.2. The van der Waals surface area contributed by atoms with Crippen molar-refractivity contribution < 1.29 is 14.3 Å². The highest BCUT2D eigenvalue weighted by Crippen LogP contribution is 2.28. The van der Waals surface area contributed by atoms with Gasteiger partial charge in [-0.05, 0) is 32.3 Å². The van der Waals surface area contributed by atoms with Gasteiger partial charge >= 0.3 is 6.09 Å². The van der Waals surface area contributed by atoms with Crippen LogP contribution in [0.2, 0.25) is 0 Å². The standard InChI is InChI=1S/C21H29N3O3/c1-14(2)18-17(15-11-9-8-10-12-15)22-16(13-23(6)7)19(25)24(18)20(26)27-21(3,4)5/h8-14,18H,1-7H3/b16-13-. The van der Waals surface area contributed by atoms with Crippen molar-refractivity contribution >= 4 is 17.7 Å². The molecule has 0 aromatic heterocycles. The van der Waals surface area contributed by atoms with Gasteiger partial charge in [-0.1, -0.05) is 44.2 Å². The molecule has 0 bridgehead atoms. The Hall–Kier alpha value is -2.63. The maximum atomic E-state index is 13.1. The molecule has 1 aromatic carbocycles. The van der Waals surface area contributed by atoms with Gasteiger partial charge in [0.2, 0.25) is 0 Å². The van der Waals surface area contributed by atoms with E-state index in [0.29, 0.717) is 5.71 Å². The van der Waals surface area contributed by atoms with Gasteiger partial charge in [0.15, 0.2) is 0 Å². The molecule has 1 heterocycles. The molecule has 0 spiro atoms. The molecule has 0 saturated heterocycles. The van der Waals surface area contributed by atoms with Crippen LogP contribution in [0.4, 0.5) is 4.79 Å². The summed E-state index contributed by atoms with van der Waals surface area (Å²) in [5, 5.41) is 0. The fourth-order valence-corrected chi connectivity index (χ4v) is 2.91. The Bertz CT molecular complexity index is 759. The number of nitrogens with zero attached hydrogens (tertiary/aromatic N) is 3. The Labute approximate surface area is 161 Å². The molecule has 1 aromatic rings. The minimum absolute atomic E-state index is 0.0265. The minimum atomic E-state index is -0.703. The summed E-state index contributed by atoms with van der Waals surface area (Å²) in [6.07, 6.45) is 0.971. The molecule has 0 aliphatic carbocycles. The van der Waals surface area contributed by atoms with E-state index in [1.807, 2.05) is 58.3 Å². The molecule has 0 N–H and O–H groups in total. The molecule has 2 rings (SSSR count). The number of benzene rings is 1. The van der Waals surface area contributed by atoms with Crippen molar-refractivity contribution in [1.29, 1.82) is 0 Å². The molecule has 1 aliphatic heterocycles. The second-order valence-electron chi connectivity index (χ2n) is 8.19. The van der Waals surface area contributed by atoms with Crippen LogP contribution >= 0.6 is 0 Å². The number of carbonyl (C=O) groups is 2. The molecule has 2 amide bonds. The van der Waals surface area contributed by atoms with E-state index >= 15 is 0 Å². The van der Waals surface area contributed by atoms with Gasteiger partial charge in [-0.25, -0.2) is 14.7 Å². The van der Waals surface area contributed by atoms with Gasteiger partial charge < -0.3 is 9.64 Å². The molecule has 27 heavy (non-hydrogen) atoms. The first-order valence-corrected chi connectivity index (χ1v) is 9.10. The largest absolute Gasteiger partial charge is 0.443 e. The highest BCUT2D eigenvalue weighted by atomic mass is 16.6. The van der Waals surface area contributed by atoms with E-state index < -0.39 is 23.6 Å². The van der Waals surface area contributed by atoms with Gasteiger partial charge in [0.05, 0.1) is 11.8 Å². The second-order valence-corrected chi connectivity index (χ2v) is 8.19. The number of aliphatic imine (C=N–C) groups is 1. The highest BCUT2D eigenvalue weighted by molar-refractivity contribution is 6.16. The Morgan fingerprint density at radius 1 is 1.22 bits per heavy atom. The summed E-state index contributed by atoms with van der Waals surface area (Å²) in [5.41, 5.74) is 1.07. The van der Waals surface area contributed by atoms with Crippen LogP contribution in [0.25, 0.3) is 0 Å². The van der Waals surface area contributed by atoms with Crippen molar-refractivity contribution in [2.45, 2.75) is 46.3 Å². The van der Waals surface area contributed by atoms with Crippen LogP contribution in [0.15, 0.2) is 47.2 Å². The van der Waals surface area contributed by atoms with Crippen LogP contribution < -0.4 is 0 Å². The summed E-state index contributed by atoms with van der Waals surface area (Å²) in [6.45, 7) is 9.29. The molecular formula is C21H29N3O3. The van der Waals surface area contributed by atoms with Crippen LogP contribution in [0.5, 0.6) is 0 Å². The lowest BCUT2D eigenvalue weighted by molar-refractivity contribution is -0.128. The third kappa shape index (κ3) is 4.96. The van der Waals surface area contributed by atoms with Crippen LogP contribution in [-0.2, 0) is 9.53 Å². The summed E-state index contributed by atoms with van der Waals surface area (Å²) in [7, 11) is 3.62. The summed E-state index contributed by atoms with van der Waals surface area (Å²) < 4.78 is 5.54. The quantitative estimate of drug-likeness (QED) is 0.761. The van der Waals surface area contributed by atoms with Crippen LogP contribution in [0, 0.1) is 5.92 Å². The third-order valence-electron chi connectivity index (χ3n) is 3.91. The van der Waals surface area contributed by atoms with E-state index in [4.69, 9.17) is 4.74 Å². The lowest BCUT2D eigenvalue weighted by Crippen LogP contribution is -2.55. The van der Waals surface area contributed by atoms with Gasteiger partial charge in [-0.2, -0.15) is 0 Å². The number of hydrogen-bond acceptors (Lipinski definition) is 5. The molecule has 0 fully saturated rings. The summed E-state index contributed by atoms with van der Waals surface area (Å²) in [6, 6.07) is 9.12. The fraction of sp³-hybridized carbons (Fsp3) is 0.476. The average molecular weight is 371 g/mol. The molecule has 1 aliphatic rings. The fourth-order valence-electron chi connectivity index (χ4n) is 2.91. The number of hydrogen-bond donors (Lipinski definition) is 0. The van der Waals surface area contributed by atoms with Gasteiger partial charge in [0, 0.05) is 20.3 Å². The Morgan fingerprint density at radius 2 is 1.81 bits per heavy atom. The van der Waals surface area contributed by atoms with Gasteiger partial charge in [0.1, 0.15) is 11.3 Å². The molecule has 1 unspecified atom stereocenters. The van der Waals surface area contributed by atoms with Crippen molar-refractivity contribution in [1.82, 2.24) is 9.80 Å². The first-order valence-electron chi connectivity index (χ1n) is 9.10. The predicted octanol–water partition coefficient (Wildman–Crippen LogP) is 3.68. The maximum Gasteiger partial charge on any atom is 0.418 e. The molecule has 146 valence electrons. The first-order chi connectivity index (χ1) is 12.5. The van der Waals surface area contributed by atoms with E-state index in [0.717, 1.165) is 5.56 Å². The zero-order chi connectivity index (χ0) is 20.4. The highest BCUT2D eigenvalue weighted by Gasteiger charge is 2.43. The number of imide groups is 1. The van der Waals surface area contributed by atoms with Gasteiger partial charge in [-0.15, -0.1) is 0 Å². The molecular weight excluding hydrogens is 342 g/mol. The SMILES string of the molecule is CC(C)C1C(c2ccccc2)=N/C(=C\N(C)C)C(=O)N1C(=O)OC(C)(C)C. The average Bonchev–Trinajstić information content (AvgIpc) is 2.54. The van der Waals surface area contributed by atoms with Crippen molar-refractivity contribution in [2.24, 2.45) is 10.9 Å². The smallest absolute Gasteiger partial charge is 0.418 e. The molecule has 6 heteroatoms. The van der Waals surface area contributed by atoms with Crippen molar-refractivity contribution in [2.75, 3.05) is 14.1 Å². The zero-order valence-corrected chi connectivity index (χ0v) is 17.2.